The van der Waals surface area contributed by atoms with Crippen molar-refractivity contribution in [3.05, 3.63) is 48.2 Å². The molecule has 7 nitrogen and oxygen atoms in total. The predicted octanol–water partition coefficient (Wildman–Crippen LogP) is 2.06. The third-order valence-electron chi connectivity index (χ3n) is 4.51. The number of thiazole rings is 1. The van der Waals surface area contributed by atoms with Crippen molar-refractivity contribution in [3.63, 3.8) is 0 Å². The van der Waals surface area contributed by atoms with Crippen LogP contribution in [0.5, 0.6) is 0 Å². The average molecular weight is 403 g/mol. The number of carbonyl (C=O) groups is 1. The maximum Gasteiger partial charge on any atom is 0.255 e. The number of amides is 1. The second-order valence-electron chi connectivity index (χ2n) is 6.37. The Hall–Kier alpha value is -2.52. The van der Waals surface area contributed by atoms with Crippen LogP contribution in [0.3, 0.4) is 0 Å². The lowest BCUT2D eigenvalue weighted by molar-refractivity contribution is 0.0743. The lowest BCUT2D eigenvalue weighted by Crippen LogP contribution is -2.49. The molecular formula is C18H18N4O3S2. The van der Waals surface area contributed by atoms with Gasteiger partial charge in [0.2, 0.25) is 0 Å². The van der Waals surface area contributed by atoms with Gasteiger partial charge < -0.3 is 9.80 Å². The first-order chi connectivity index (χ1) is 12.9. The van der Waals surface area contributed by atoms with Crippen LogP contribution < -0.4 is 4.90 Å². The van der Waals surface area contributed by atoms with E-state index in [1.807, 2.05) is 12.1 Å². The molecule has 0 spiro atoms. The van der Waals surface area contributed by atoms with Gasteiger partial charge in [-0.3, -0.25) is 4.79 Å². The number of anilines is 1. The number of aromatic nitrogens is 2. The Balaban J connectivity index is 1.50. The van der Waals surface area contributed by atoms with E-state index in [1.165, 1.54) is 17.4 Å². The molecule has 1 amide bonds. The van der Waals surface area contributed by atoms with Gasteiger partial charge in [0, 0.05) is 38.6 Å². The lowest BCUT2D eigenvalue weighted by atomic mass is 10.2. The van der Waals surface area contributed by atoms with Crippen molar-refractivity contribution < 1.29 is 13.2 Å². The van der Waals surface area contributed by atoms with Crippen LogP contribution in [-0.4, -0.2) is 61.6 Å². The van der Waals surface area contributed by atoms with Crippen LogP contribution in [0.4, 0.5) is 5.13 Å². The Bertz CT molecular complexity index is 1070. The molecule has 140 valence electrons. The predicted molar refractivity (Wildman–Crippen MR) is 105 cm³/mol. The number of piperazine rings is 1. The van der Waals surface area contributed by atoms with Crippen molar-refractivity contribution >= 4 is 42.6 Å². The van der Waals surface area contributed by atoms with Crippen LogP contribution in [0.15, 0.2) is 47.5 Å². The van der Waals surface area contributed by atoms with Crippen LogP contribution in [-0.2, 0) is 9.84 Å². The Morgan fingerprint density at radius 2 is 1.81 bits per heavy atom. The third-order valence-corrected chi connectivity index (χ3v) is 6.70. The van der Waals surface area contributed by atoms with E-state index in [-0.39, 0.29) is 16.4 Å². The zero-order valence-corrected chi connectivity index (χ0v) is 16.3. The number of hydrogen-bond acceptors (Lipinski definition) is 7. The van der Waals surface area contributed by atoms with Gasteiger partial charge in [0.15, 0.2) is 15.0 Å². The van der Waals surface area contributed by atoms with E-state index in [4.69, 9.17) is 0 Å². The quantitative estimate of drug-likeness (QED) is 0.667. The van der Waals surface area contributed by atoms with E-state index in [9.17, 15) is 13.2 Å². The maximum absolute atomic E-state index is 12.9. The molecule has 4 rings (SSSR count). The highest BCUT2D eigenvalue weighted by molar-refractivity contribution is 7.90. The highest BCUT2D eigenvalue weighted by atomic mass is 32.2. The Labute approximate surface area is 161 Å². The molecule has 0 aliphatic carbocycles. The van der Waals surface area contributed by atoms with E-state index in [0.717, 1.165) is 21.7 Å². The van der Waals surface area contributed by atoms with Crippen molar-refractivity contribution in [1.82, 2.24) is 14.9 Å². The highest BCUT2D eigenvalue weighted by Gasteiger charge is 2.27. The average Bonchev–Trinajstić information content (AvgIpc) is 3.11. The lowest BCUT2D eigenvalue weighted by Gasteiger charge is -2.34. The number of pyridine rings is 1. The molecule has 1 aliphatic rings. The molecule has 3 aromatic rings. The van der Waals surface area contributed by atoms with Gasteiger partial charge in [-0.15, -0.1) is 0 Å². The van der Waals surface area contributed by atoms with Crippen LogP contribution in [0.25, 0.3) is 10.3 Å². The van der Waals surface area contributed by atoms with Crippen molar-refractivity contribution in [1.29, 1.82) is 0 Å². The molecule has 1 saturated heterocycles. The van der Waals surface area contributed by atoms with Crippen molar-refractivity contribution in [2.45, 2.75) is 4.90 Å². The number of rotatable bonds is 3. The zero-order chi connectivity index (χ0) is 19.0. The fraction of sp³-hybridized carbons (Fsp3) is 0.278. The summed E-state index contributed by atoms with van der Waals surface area (Å²) in [4.78, 5) is 26.6. The second-order valence-corrected chi connectivity index (χ2v) is 9.31. The number of carbonyl (C=O) groups excluding carboxylic acids is 1. The summed E-state index contributed by atoms with van der Waals surface area (Å²) < 4.78 is 23.9. The van der Waals surface area contributed by atoms with Gasteiger partial charge in [-0.2, -0.15) is 0 Å². The second kappa shape index (κ2) is 6.90. The molecule has 0 unspecified atom stereocenters. The van der Waals surface area contributed by atoms with Crippen molar-refractivity contribution in [3.8, 4) is 0 Å². The molecule has 3 heterocycles. The van der Waals surface area contributed by atoms with Gasteiger partial charge in [-0.05, 0) is 24.3 Å². The molecule has 2 aromatic heterocycles. The molecular weight excluding hydrogens is 384 g/mol. The Kier molecular flexibility index (Phi) is 4.56. The number of hydrogen-bond donors (Lipinski definition) is 0. The summed E-state index contributed by atoms with van der Waals surface area (Å²) in [5, 5.41) is 0.896. The normalized spacial score (nSPS) is 15.3. The van der Waals surface area contributed by atoms with Gasteiger partial charge in [0.25, 0.3) is 5.91 Å². The first kappa shape index (κ1) is 17.9. The SMILES string of the molecule is CS(=O)(=O)c1ccccc1C(=O)N1CCN(c2nc3cccnc3s2)CC1. The summed E-state index contributed by atoms with van der Waals surface area (Å²) in [5.41, 5.74) is 1.11. The highest BCUT2D eigenvalue weighted by Crippen LogP contribution is 2.28. The first-order valence-corrected chi connectivity index (χ1v) is 11.2. The van der Waals surface area contributed by atoms with Gasteiger partial charge in [0.1, 0.15) is 10.3 Å². The number of nitrogens with zero attached hydrogens (tertiary/aromatic N) is 4. The third kappa shape index (κ3) is 3.52. The molecule has 27 heavy (non-hydrogen) atoms. The monoisotopic (exact) mass is 402 g/mol. The fourth-order valence-corrected chi connectivity index (χ4v) is 4.97. The maximum atomic E-state index is 12.9. The summed E-state index contributed by atoms with van der Waals surface area (Å²) in [6, 6.07) is 10.2. The minimum atomic E-state index is -3.46. The summed E-state index contributed by atoms with van der Waals surface area (Å²) in [6.07, 6.45) is 2.87. The smallest absolute Gasteiger partial charge is 0.255 e. The van der Waals surface area contributed by atoms with Gasteiger partial charge in [-0.25, -0.2) is 18.4 Å². The molecule has 1 fully saturated rings. The standard InChI is InChI=1S/C18H18N4O3S2/c1-27(24,25)15-7-3-2-5-13(15)17(23)21-9-11-22(12-10-21)18-20-14-6-4-8-19-16(14)26-18/h2-8H,9-12H2,1H3. The van der Waals surface area contributed by atoms with Crippen LogP contribution in [0, 0.1) is 0 Å². The summed E-state index contributed by atoms with van der Waals surface area (Å²) in [7, 11) is -3.46. The van der Waals surface area contributed by atoms with Crippen LogP contribution >= 0.6 is 11.3 Å². The van der Waals surface area contributed by atoms with Crippen LogP contribution in [0.1, 0.15) is 10.4 Å². The molecule has 1 aromatic carbocycles. The number of benzene rings is 1. The first-order valence-electron chi connectivity index (χ1n) is 8.48. The number of sulfone groups is 1. The molecule has 0 radical (unpaired) electrons. The van der Waals surface area contributed by atoms with Crippen LogP contribution in [0.2, 0.25) is 0 Å². The molecule has 0 saturated carbocycles. The van der Waals surface area contributed by atoms with Gasteiger partial charge in [-0.1, -0.05) is 23.5 Å². The zero-order valence-electron chi connectivity index (χ0n) is 14.7. The summed E-state index contributed by atoms with van der Waals surface area (Å²) in [6.45, 7) is 2.32. The molecule has 0 atom stereocenters. The topological polar surface area (TPSA) is 83.5 Å². The minimum Gasteiger partial charge on any atom is -0.344 e. The Morgan fingerprint density at radius 3 is 2.52 bits per heavy atom. The fourth-order valence-electron chi connectivity index (χ4n) is 3.13. The molecule has 0 bridgehead atoms. The summed E-state index contributed by atoms with van der Waals surface area (Å²) in [5.74, 6) is -0.248. The molecule has 9 heteroatoms. The molecule has 0 N–H and O–H groups in total. The molecule has 1 aliphatic heterocycles. The van der Waals surface area contributed by atoms with E-state index < -0.39 is 9.84 Å². The largest absolute Gasteiger partial charge is 0.344 e. The van der Waals surface area contributed by atoms with Gasteiger partial charge >= 0.3 is 0 Å². The van der Waals surface area contributed by atoms with Gasteiger partial charge in [0.05, 0.1) is 10.5 Å². The van der Waals surface area contributed by atoms with E-state index in [2.05, 4.69) is 14.9 Å². The summed E-state index contributed by atoms with van der Waals surface area (Å²) >= 11 is 1.54. The van der Waals surface area contributed by atoms with E-state index >= 15 is 0 Å². The number of fused-ring (bicyclic) bond motifs is 1. The minimum absolute atomic E-state index is 0.0784. The van der Waals surface area contributed by atoms with E-state index in [0.29, 0.717) is 26.2 Å². The Morgan fingerprint density at radius 1 is 1.07 bits per heavy atom. The van der Waals surface area contributed by atoms with Crippen molar-refractivity contribution in [2.75, 3.05) is 37.3 Å². The van der Waals surface area contributed by atoms with Crippen molar-refractivity contribution in [2.24, 2.45) is 0 Å². The van der Waals surface area contributed by atoms with E-state index in [1.54, 1.807) is 29.3 Å².